The summed E-state index contributed by atoms with van der Waals surface area (Å²) in [4.78, 5) is 11.0. The molecule has 0 amide bonds. The second kappa shape index (κ2) is 6.20. The van der Waals surface area contributed by atoms with E-state index < -0.39 is 12.0 Å². The van der Waals surface area contributed by atoms with Crippen LogP contribution in [0.5, 0.6) is 0 Å². The van der Waals surface area contributed by atoms with Crippen LogP contribution in [0.15, 0.2) is 30.3 Å². The second-order valence-electron chi connectivity index (χ2n) is 4.02. The van der Waals surface area contributed by atoms with Gasteiger partial charge in [-0.1, -0.05) is 32.0 Å². The molecule has 0 bridgehead atoms. The molecule has 0 heterocycles. The summed E-state index contributed by atoms with van der Waals surface area (Å²) in [5, 5.41) is 15.0. The number of carboxylic acid groups (broad SMARTS) is 1. The number of nitrogens with one attached hydrogen (secondary N) is 2. The molecule has 3 N–H and O–H groups in total. The number of hydrogen-bond donors (Lipinski definition) is 3. The van der Waals surface area contributed by atoms with Crippen molar-refractivity contribution in [2.45, 2.75) is 19.9 Å². The minimum atomic E-state index is -0.905. The van der Waals surface area contributed by atoms with Gasteiger partial charge in [-0.3, -0.25) is 0 Å². The number of aliphatic carboxylic acids is 1. The zero-order valence-corrected chi connectivity index (χ0v) is 10.6. The Morgan fingerprint density at radius 2 is 1.88 bits per heavy atom. The molecule has 0 radical (unpaired) electrons. The Hall–Kier alpha value is -1.62. The van der Waals surface area contributed by atoms with E-state index >= 15 is 0 Å². The molecule has 1 rings (SSSR count). The van der Waals surface area contributed by atoms with Gasteiger partial charge in [0.2, 0.25) is 0 Å². The van der Waals surface area contributed by atoms with Crippen molar-refractivity contribution in [3.05, 3.63) is 30.3 Å². The van der Waals surface area contributed by atoms with E-state index in [0.717, 1.165) is 5.69 Å². The molecule has 0 spiro atoms. The van der Waals surface area contributed by atoms with Crippen molar-refractivity contribution in [3.8, 4) is 0 Å². The van der Waals surface area contributed by atoms with E-state index in [1.54, 1.807) is 0 Å². The predicted octanol–water partition coefficient (Wildman–Crippen LogP) is 2.08. The van der Waals surface area contributed by atoms with Crippen molar-refractivity contribution in [1.82, 2.24) is 5.32 Å². The molecule has 1 aromatic carbocycles. The number of rotatable bonds is 4. The Morgan fingerprint density at radius 1 is 1.29 bits per heavy atom. The molecule has 1 unspecified atom stereocenters. The van der Waals surface area contributed by atoms with Gasteiger partial charge in [-0.15, -0.1) is 0 Å². The van der Waals surface area contributed by atoms with Crippen LogP contribution in [0.1, 0.15) is 13.8 Å². The molecule has 0 saturated carbocycles. The van der Waals surface area contributed by atoms with Gasteiger partial charge < -0.3 is 15.7 Å². The zero-order chi connectivity index (χ0) is 12.8. The topological polar surface area (TPSA) is 61.4 Å². The molecular weight excluding hydrogens is 236 g/mol. The summed E-state index contributed by atoms with van der Waals surface area (Å²) in [7, 11) is 0. The summed E-state index contributed by atoms with van der Waals surface area (Å²) in [5.41, 5.74) is 0.831. The fourth-order valence-electron chi connectivity index (χ4n) is 1.34. The van der Waals surface area contributed by atoms with E-state index in [2.05, 4.69) is 10.6 Å². The Bertz CT molecular complexity index is 393. The van der Waals surface area contributed by atoms with Gasteiger partial charge in [0.1, 0.15) is 6.04 Å². The van der Waals surface area contributed by atoms with Gasteiger partial charge in [-0.25, -0.2) is 4.79 Å². The van der Waals surface area contributed by atoms with Crippen molar-refractivity contribution in [2.75, 3.05) is 5.32 Å². The third-order valence-corrected chi connectivity index (χ3v) is 2.47. The Balaban J connectivity index is 2.57. The lowest BCUT2D eigenvalue weighted by Crippen LogP contribution is -2.46. The molecule has 0 aliphatic rings. The molecular formula is C12H16N2O2S. The van der Waals surface area contributed by atoms with Crippen molar-refractivity contribution >= 4 is 29.0 Å². The smallest absolute Gasteiger partial charge is 0.326 e. The minimum Gasteiger partial charge on any atom is -0.480 e. The highest BCUT2D eigenvalue weighted by Crippen LogP contribution is 2.06. The molecule has 0 aromatic heterocycles. The fraction of sp³-hybridized carbons (Fsp3) is 0.333. The predicted molar refractivity (Wildman–Crippen MR) is 72.1 cm³/mol. The second-order valence-corrected chi connectivity index (χ2v) is 4.43. The highest BCUT2D eigenvalue weighted by Gasteiger charge is 2.21. The third-order valence-electron chi connectivity index (χ3n) is 2.25. The van der Waals surface area contributed by atoms with Crippen molar-refractivity contribution < 1.29 is 9.90 Å². The monoisotopic (exact) mass is 252 g/mol. The Kier molecular flexibility index (Phi) is 4.90. The summed E-state index contributed by atoms with van der Waals surface area (Å²) in [5.74, 6) is -0.944. The quantitative estimate of drug-likeness (QED) is 0.716. The standard InChI is InChI=1S/C12H16N2O2S/c1-8(2)10(11(15)16)14-12(17)13-9-6-4-3-5-7-9/h3-8,10H,1-2H3,(H,15,16)(H2,13,14,17). The fourth-order valence-corrected chi connectivity index (χ4v) is 1.59. The van der Waals surface area contributed by atoms with Gasteiger partial charge in [-0.2, -0.15) is 0 Å². The van der Waals surface area contributed by atoms with E-state index in [9.17, 15) is 4.79 Å². The summed E-state index contributed by atoms with van der Waals surface area (Å²) in [6, 6.07) is 8.69. The molecule has 1 aromatic rings. The van der Waals surface area contributed by atoms with Crippen LogP contribution in [0.25, 0.3) is 0 Å². The van der Waals surface area contributed by atoms with E-state index in [-0.39, 0.29) is 5.92 Å². The first-order chi connectivity index (χ1) is 8.00. The number of para-hydroxylation sites is 1. The SMILES string of the molecule is CC(C)C(NC(=S)Nc1ccccc1)C(=O)O. The van der Waals surface area contributed by atoms with E-state index in [1.807, 2.05) is 44.2 Å². The van der Waals surface area contributed by atoms with Gasteiger partial charge in [-0.05, 0) is 30.3 Å². The van der Waals surface area contributed by atoms with E-state index in [1.165, 1.54) is 0 Å². The lowest BCUT2D eigenvalue weighted by Gasteiger charge is -2.20. The Morgan fingerprint density at radius 3 is 2.35 bits per heavy atom. The van der Waals surface area contributed by atoms with Crippen LogP contribution >= 0.6 is 12.2 Å². The summed E-state index contributed by atoms with van der Waals surface area (Å²) < 4.78 is 0. The highest BCUT2D eigenvalue weighted by molar-refractivity contribution is 7.80. The number of hydrogen-bond acceptors (Lipinski definition) is 2. The first-order valence-electron chi connectivity index (χ1n) is 5.36. The summed E-state index contributed by atoms with van der Waals surface area (Å²) in [6.07, 6.45) is 0. The molecule has 5 heteroatoms. The van der Waals surface area contributed by atoms with E-state index in [4.69, 9.17) is 17.3 Å². The molecule has 92 valence electrons. The van der Waals surface area contributed by atoms with Crippen LogP contribution in [0.4, 0.5) is 5.69 Å². The largest absolute Gasteiger partial charge is 0.480 e. The van der Waals surface area contributed by atoms with Gasteiger partial charge >= 0.3 is 5.97 Å². The molecule has 17 heavy (non-hydrogen) atoms. The number of anilines is 1. The Labute approximate surface area is 106 Å². The molecule has 1 atom stereocenters. The molecule has 0 fully saturated rings. The van der Waals surface area contributed by atoms with Crippen LogP contribution in [0, 0.1) is 5.92 Å². The van der Waals surface area contributed by atoms with Gasteiger partial charge in [0.25, 0.3) is 0 Å². The number of carbonyl (C=O) groups is 1. The maximum Gasteiger partial charge on any atom is 0.326 e. The van der Waals surface area contributed by atoms with Crippen molar-refractivity contribution in [1.29, 1.82) is 0 Å². The van der Waals surface area contributed by atoms with Gasteiger partial charge in [0.15, 0.2) is 5.11 Å². The van der Waals surface area contributed by atoms with Gasteiger partial charge in [0, 0.05) is 5.69 Å². The number of thiocarbonyl (C=S) groups is 1. The van der Waals surface area contributed by atoms with Crippen LogP contribution in [0.3, 0.4) is 0 Å². The first-order valence-corrected chi connectivity index (χ1v) is 5.77. The van der Waals surface area contributed by atoms with Crippen molar-refractivity contribution in [3.63, 3.8) is 0 Å². The minimum absolute atomic E-state index is 0.0389. The van der Waals surface area contributed by atoms with E-state index in [0.29, 0.717) is 5.11 Å². The van der Waals surface area contributed by atoms with Crippen LogP contribution in [0.2, 0.25) is 0 Å². The van der Waals surface area contributed by atoms with Gasteiger partial charge in [0.05, 0.1) is 0 Å². The molecule has 4 nitrogen and oxygen atoms in total. The average molecular weight is 252 g/mol. The summed E-state index contributed by atoms with van der Waals surface area (Å²) >= 11 is 5.07. The maximum absolute atomic E-state index is 11.0. The normalized spacial score (nSPS) is 11.9. The first kappa shape index (κ1) is 13.4. The third kappa shape index (κ3) is 4.40. The molecule has 0 aliphatic carbocycles. The molecule has 0 saturated heterocycles. The highest BCUT2D eigenvalue weighted by atomic mass is 32.1. The molecule has 0 aliphatic heterocycles. The van der Waals surface area contributed by atoms with Crippen LogP contribution in [-0.4, -0.2) is 22.2 Å². The number of benzene rings is 1. The zero-order valence-electron chi connectivity index (χ0n) is 9.81. The van der Waals surface area contributed by atoms with Crippen LogP contribution in [-0.2, 0) is 4.79 Å². The average Bonchev–Trinajstić information content (AvgIpc) is 2.26. The van der Waals surface area contributed by atoms with Crippen molar-refractivity contribution in [2.24, 2.45) is 5.92 Å². The summed E-state index contributed by atoms with van der Waals surface area (Å²) in [6.45, 7) is 3.66. The maximum atomic E-state index is 11.0. The lowest BCUT2D eigenvalue weighted by atomic mass is 10.1. The lowest BCUT2D eigenvalue weighted by molar-refractivity contribution is -0.140. The van der Waals surface area contributed by atoms with Crippen LogP contribution < -0.4 is 10.6 Å². The number of carboxylic acids is 1.